The third kappa shape index (κ3) is 3.51. The molecule has 2 heterocycles. The highest BCUT2D eigenvalue weighted by molar-refractivity contribution is 5.93. The lowest BCUT2D eigenvalue weighted by Gasteiger charge is -2.30. The highest BCUT2D eigenvalue weighted by Crippen LogP contribution is 2.39. The van der Waals surface area contributed by atoms with Gasteiger partial charge in [-0.05, 0) is 44.7 Å². The van der Waals surface area contributed by atoms with Crippen LogP contribution in [0.3, 0.4) is 0 Å². The van der Waals surface area contributed by atoms with Gasteiger partial charge in [-0.2, -0.15) is 4.98 Å². The molecule has 2 N–H and O–H groups in total. The predicted molar refractivity (Wildman–Crippen MR) is 92.3 cm³/mol. The number of rotatable bonds is 3. The molecule has 2 amide bonds. The number of anilines is 1. The minimum absolute atomic E-state index is 0.217. The summed E-state index contributed by atoms with van der Waals surface area (Å²) in [4.78, 5) is 18.7. The molecule has 1 aromatic heterocycles. The van der Waals surface area contributed by atoms with Crippen molar-refractivity contribution in [2.45, 2.75) is 44.6 Å². The highest BCUT2D eigenvalue weighted by atomic mass is 16.5. The summed E-state index contributed by atoms with van der Waals surface area (Å²) in [5, 5.41) is 16.8. The normalized spacial score (nSPS) is 20.6. The number of nitrogens with zero attached hydrogens (tertiary/aromatic N) is 3. The van der Waals surface area contributed by atoms with Gasteiger partial charge in [-0.25, -0.2) is 4.79 Å². The number of carbonyl (C=O) groups is 1. The smallest absolute Gasteiger partial charge is 0.321 e. The Balaban J connectivity index is 1.57. The van der Waals surface area contributed by atoms with Gasteiger partial charge in [0.05, 0.1) is 17.4 Å². The Labute approximate surface area is 146 Å². The van der Waals surface area contributed by atoms with E-state index in [0.29, 0.717) is 30.6 Å². The van der Waals surface area contributed by atoms with E-state index >= 15 is 0 Å². The van der Waals surface area contributed by atoms with Crippen molar-refractivity contribution in [1.82, 2.24) is 15.0 Å². The molecule has 2 aromatic rings. The number of β-amino-alcohol motifs (C(OH)–C–C–N with tert-alkyl or cyclic N) is 1. The molecular formula is C18H22N4O3. The highest BCUT2D eigenvalue weighted by Gasteiger charge is 2.29. The number of hydrogen-bond donors (Lipinski definition) is 2. The summed E-state index contributed by atoms with van der Waals surface area (Å²) in [5.41, 5.74) is 2.42. The second-order valence-corrected chi connectivity index (χ2v) is 6.95. The average molecular weight is 342 g/mol. The largest absolute Gasteiger partial charge is 0.391 e. The summed E-state index contributed by atoms with van der Waals surface area (Å²) in [6.45, 7) is 2.99. The Morgan fingerprint density at radius 1 is 1.36 bits per heavy atom. The van der Waals surface area contributed by atoms with Crippen LogP contribution in [0.4, 0.5) is 10.5 Å². The molecule has 1 aromatic carbocycles. The second kappa shape index (κ2) is 6.48. The fourth-order valence-electron chi connectivity index (χ4n) is 3.13. The molecule has 0 radical (unpaired) electrons. The van der Waals surface area contributed by atoms with Crippen molar-refractivity contribution in [3.8, 4) is 11.5 Å². The standard InChI is InChI=1S/C18H22N4O3/c1-11-4-7-15(19-18(24)22-8-2-3-13(23)10-22)14(9-11)17-20-16(21-25-17)12-5-6-12/h4,7,9,12-13,23H,2-3,5-6,8,10H2,1H3,(H,19,24). The molecule has 2 fully saturated rings. The number of hydrogen-bond acceptors (Lipinski definition) is 5. The van der Waals surface area contributed by atoms with Crippen LogP contribution in [0.15, 0.2) is 22.7 Å². The molecular weight excluding hydrogens is 320 g/mol. The number of benzene rings is 1. The first-order valence-corrected chi connectivity index (χ1v) is 8.79. The second-order valence-electron chi connectivity index (χ2n) is 6.95. The van der Waals surface area contributed by atoms with Crippen LogP contribution >= 0.6 is 0 Å². The topological polar surface area (TPSA) is 91.5 Å². The van der Waals surface area contributed by atoms with Crippen LogP contribution in [0.1, 0.15) is 43.0 Å². The van der Waals surface area contributed by atoms with E-state index in [0.717, 1.165) is 42.6 Å². The zero-order valence-electron chi connectivity index (χ0n) is 14.2. The lowest BCUT2D eigenvalue weighted by molar-refractivity contribution is 0.0883. The van der Waals surface area contributed by atoms with Crippen molar-refractivity contribution in [2.75, 3.05) is 18.4 Å². The van der Waals surface area contributed by atoms with Crippen LogP contribution in [0.2, 0.25) is 0 Å². The van der Waals surface area contributed by atoms with Crippen molar-refractivity contribution in [3.63, 3.8) is 0 Å². The van der Waals surface area contributed by atoms with Crippen LogP contribution in [0, 0.1) is 6.92 Å². The van der Waals surface area contributed by atoms with Gasteiger partial charge in [-0.1, -0.05) is 16.8 Å². The van der Waals surface area contributed by atoms with Crippen LogP contribution in [-0.4, -0.2) is 45.4 Å². The first-order chi connectivity index (χ1) is 12.1. The molecule has 1 unspecified atom stereocenters. The van der Waals surface area contributed by atoms with Crippen molar-refractivity contribution in [2.24, 2.45) is 0 Å². The molecule has 1 saturated heterocycles. The maximum absolute atomic E-state index is 12.5. The summed E-state index contributed by atoms with van der Waals surface area (Å²) in [7, 11) is 0. The van der Waals surface area contributed by atoms with Gasteiger partial charge in [0.15, 0.2) is 5.82 Å². The Morgan fingerprint density at radius 3 is 2.96 bits per heavy atom. The molecule has 132 valence electrons. The van der Waals surface area contributed by atoms with Crippen molar-refractivity contribution < 1.29 is 14.4 Å². The van der Waals surface area contributed by atoms with Gasteiger partial charge < -0.3 is 19.8 Å². The van der Waals surface area contributed by atoms with E-state index in [1.807, 2.05) is 25.1 Å². The van der Waals surface area contributed by atoms with Crippen LogP contribution in [0.25, 0.3) is 11.5 Å². The van der Waals surface area contributed by atoms with E-state index in [-0.39, 0.29) is 6.03 Å². The van der Waals surface area contributed by atoms with Crippen molar-refractivity contribution >= 4 is 11.7 Å². The number of aliphatic hydroxyl groups is 1. The average Bonchev–Trinajstić information content (AvgIpc) is 3.34. The maximum Gasteiger partial charge on any atom is 0.321 e. The van der Waals surface area contributed by atoms with Gasteiger partial charge in [0.1, 0.15) is 0 Å². The molecule has 4 rings (SSSR count). The first kappa shape index (κ1) is 16.1. The zero-order chi connectivity index (χ0) is 17.4. The van der Waals surface area contributed by atoms with Crippen LogP contribution in [0.5, 0.6) is 0 Å². The number of aryl methyl sites for hydroxylation is 1. The fourth-order valence-corrected chi connectivity index (χ4v) is 3.13. The van der Waals surface area contributed by atoms with E-state index in [1.165, 1.54) is 0 Å². The summed E-state index contributed by atoms with van der Waals surface area (Å²) in [6, 6.07) is 5.50. The lowest BCUT2D eigenvalue weighted by Crippen LogP contribution is -2.44. The van der Waals surface area contributed by atoms with Gasteiger partial charge >= 0.3 is 6.03 Å². The molecule has 1 saturated carbocycles. The SMILES string of the molecule is Cc1ccc(NC(=O)N2CCCC(O)C2)c(-c2nc(C3CC3)no2)c1. The quantitative estimate of drug-likeness (QED) is 0.895. The zero-order valence-corrected chi connectivity index (χ0v) is 14.2. The van der Waals surface area contributed by atoms with E-state index < -0.39 is 6.10 Å². The summed E-state index contributed by atoms with van der Waals surface area (Å²) < 4.78 is 5.43. The first-order valence-electron chi connectivity index (χ1n) is 8.79. The molecule has 1 aliphatic carbocycles. The fraction of sp³-hybridized carbons (Fsp3) is 0.500. The molecule has 1 atom stereocenters. The van der Waals surface area contributed by atoms with Gasteiger partial charge in [-0.15, -0.1) is 0 Å². The molecule has 0 bridgehead atoms. The third-order valence-electron chi connectivity index (χ3n) is 4.72. The molecule has 7 nitrogen and oxygen atoms in total. The number of urea groups is 1. The van der Waals surface area contributed by atoms with Crippen molar-refractivity contribution in [1.29, 1.82) is 0 Å². The Bertz CT molecular complexity index is 784. The number of aromatic nitrogens is 2. The van der Waals surface area contributed by atoms with E-state index in [9.17, 15) is 9.90 Å². The summed E-state index contributed by atoms with van der Waals surface area (Å²) in [5.74, 6) is 1.59. The summed E-state index contributed by atoms with van der Waals surface area (Å²) in [6.07, 6.45) is 3.31. The van der Waals surface area contributed by atoms with Crippen LogP contribution < -0.4 is 5.32 Å². The molecule has 0 spiro atoms. The van der Waals surface area contributed by atoms with Gasteiger partial charge in [0.2, 0.25) is 0 Å². The van der Waals surface area contributed by atoms with E-state index in [1.54, 1.807) is 4.90 Å². The van der Waals surface area contributed by atoms with E-state index in [2.05, 4.69) is 15.5 Å². The lowest BCUT2D eigenvalue weighted by atomic mass is 10.1. The number of nitrogens with one attached hydrogen (secondary N) is 1. The third-order valence-corrected chi connectivity index (χ3v) is 4.72. The molecule has 2 aliphatic rings. The minimum atomic E-state index is -0.450. The maximum atomic E-state index is 12.5. The number of aliphatic hydroxyl groups excluding tert-OH is 1. The van der Waals surface area contributed by atoms with Gasteiger partial charge in [0.25, 0.3) is 5.89 Å². The predicted octanol–water partition coefficient (Wildman–Crippen LogP) is 2.91. The monoisotopic (exact) mass is 342 g/mol. The number of piperidine rings is 1. The number of carbonyl (C=O) groups excluding carboxylic acids is 1. The number of amides is 2. The van der Waals surface area contributed by atoms with Crippen LogP contribution in [-0.2, 0) is 0 Å². The van der Waals surface area contributed by atoms with Gasteiger partial charge in [-0.3, -0.25) is 0 Å². The minimum Gasteiger partial charge on any atom is -0.391 e. The number of likely N-dealkylation sites (tertiary alicyclic amines) is 1. The molecule has 1 aliphatic heterocycles. The van der Waals surface area contributed by atoms with E-state index in [4.69, 9.17) is 4.52 Å². The Kier molecular flexibility index (Phi) is 4.17. The molecule has 25 heavy (non-hydrogen) atoms. The summed E-state index contributed by atoms with van der Waals surface area (Å²) >= 11 is 0. The van der Waals surface area contributed by atoms with Gasteiger partial charge in [0, 0.05) is 19.0 Å². The Hall–Kier alpha value is -2.41. The molecule has 7 heteroatoms. The Morgan fingerprint density at radius 2 is 2.20 bits per heavy atom. The van der Waals surface area contributed by atoms with Crippen molar-refractivity contribution in [3.05, 3.63) is 29.6 Å².